The van der Waals surface area contributed by atoms with Gasteiger partial charge >= 0.3 is 0 Å². The van der Waals surface area contributed by atoms with Gasteiger partial charge in [-0.25, -0.2) is 0 Å². The lowest BCUT2D eigenvalue weighted by Gasteiger charge is -2.32. The summed E-state index contributed by atoms with van der Waals surface area (Å²) in [5, 5.41) is 11.2. The number of carbonyl (C=O) groups excluding carboxylic acids is 1. The Morgan fingerprint density at radius 3 is 2.48 bits per heavy atom. The van der Waals surface area contributed by atoms with Crippen molar-refractivity contribution in [2.75, 3.05) is 24.5 Å². The van der Waals surface area contributed by atoms with Crippen LogP contribution in [0.4, 0.5) is 11.4 Å². The number of nitro groups is 1. The molecule has 0 saturated carbocycles. The number of amides is 1. The zero-order valence-corrected chi connectivity index (χ0v) is 12.6. The molecular formula is C14H22N4O3. The van der Waals surface area contributed by atoms with E-state index >= 15 is 0 Å². The Labute approximate surface area is 124 Å². The number of nitrogens with zero attached hydrogens (tertiary/aromatic N) is 2. The van der Waals surface area contributed by atoms with Crippen molar-refractivity contribution in [3.63, 3.8) is 0 Å². The zero-order valence-electron chi connectivity index (χ0n) is 12.6. The van der Waals surface area contributed by atoms with Crippen molar-refractivity contribution >= 4 is 17.3 Å². The molecule has 0 saturated heterocycles. The fourth-order valence-corrected chi connectivity index (χ4v) is 2.03. The quantitative estimate of drug-likeness (QED) is 0.584. The Kier molecular flexibility index (Phi) is 5.26. The number of primary amides is 1. The van der Waals surface area contributed by atoms with E-state index in [1.54, 1.807) is 0 Å². The molecular weight excluding hydrogens is 272 g/mol. The Morgan fingerprint density at radius 2 is 2.05 bits per heavy atom. The van der Waals surface area contributed by atoms with Gasteiger partial charge < -0.3 is 16.4 Å². The lowest BCUT2D eigenvalue weighted by Crippen LogP contribution is -2.39. The van der Waals surface area contributed by atoms with Gasteiger partial charge in [0, 0.05) is 24.7 Å². The number of hydrogen-bond acceptors (Lipinski definition) is 5. The first kappa shape index (κ1) is 16.9. The smallest absolute Gasteiger partial charge is 0.292 e. The van der Waals surface area contributed by atoms with Crippen molar-refractivity contribution in [3.8, 4) is 0 Å². The molecule has 1 amide bonds. The minimum absolute atomic E-state index is 0.0466. The van der Waals surface area contributed by atoms with Crippen LogP contribution in [0.2, 0.25) is 0 Å². The minimum atomic E-state index is -0.611. The number of nitrogens with two attached hydrogens (primary N) is 2. The molecule has 0 heterocycles. The van der Waals surface area contributed by atoms with E-state index in [-0.39, 0.29) is 16.7 Å². The number of hydrogen-bond donors (Lipinski definition) is 2. The lowest BCUT2D eigenvalue weighted by molar-refractivity contribution is -0.384. The maximum atomic E-state index is 11.3. The Balaban J connectivity index is 3.31. The Hall–Kier alpha value is -2.15. The average Bonchev–Trinajstić information content (AvgIpc) is 2.44. The van der Waals surface area contributed by atoms with Gasteiger partial charge in [-0.05, 0) is 31.0 Å². The van der Waals surface area contributed by atoms with Crippen LogP contribution in [0.5, 0.6) is 0 Å². The van der Waals surface area contributed by atoms with Crippen LogP contribution >= 0.6 is 0 Å². The topological polar surface area (TPSA) is 115 Å². The molecule has 1 rings (SSSR count). The van der Waals surface area contributed by atoms with E-state index < -0.39 is 10.8 Å². The summed E-state index contributed by atoms with van der Waals surface area (Å²) < 4.78 is 0. The Bertz CT molecular complexity index is 543. The molecule has 0 aliphatic rings. The summed E-state index contributed by atoms with van der Waals surface area (Å²) in [7, 11) is 0. The first-order chi connectivity index (χ1) is 9.71. The molecule has 1 aromatic rings. The van der Waals surface area contributed by atoms with Crippen LogP contribution < -0.4 is 16.4 Å². The van der Waals surface area contributed by atoms with Gasteiger partial charge in [-0.1, -0.05) is 13.8 Å². The molecule has 0 aromatic heterocycles. The van der Waals surface area contributed by atoms with Crippen LogP contribution in [0.25, 0.3) is 0 Å². The predicted octanol–water partition coefficient (Wildman–Crippen LogP) is 1.50. The van der Waals surface area contributed by atoms with Crippen LogP contribution in [0.1, 0.15) is 31.1 Å². The van der Waals surface area contributed by atoms with Gasteiger partial charge in [-0.3, -0.25) is 14.9 Å². The first-order valence-corrected chi connectivity index (χ1v) is 6.75. The van der Waals surface area contributed by atoms with Crippen LogP contribution in [-0.2, 0) is 0 Å². The number of carbonyl (C=O) groups is 1. The Morgan fingerprint density at radius 1 is 1.43 bits per heavy atom. The van der Waals surface area contributed by atoms with E-state index in [0.717, 1.165) is 0 Å². The van der Waals surface area contributed by atoms with Gasteiger partial charge in [0.2, 0.25) is 5.91 Å². The maximum Gasteiger partial charge on any atom is 0.292 e. The van der Waals surface area contributed by atoms with Crippen LogP contribution in [-0.4, -0.2) is 30.5 Å². The summed E-state index contributed by atoms with van der Waals surface area (Å²) in [5.74, 6) is -0.611. The average molecular weight is 294 g/mol. The van der Waals surface area contributed by atoms with Crippen LogP contribution in [0.3, 0.4) is 0 Å². The fourth-order valence-electron chi connectivity index (χ4n) is 2.03. The summed E-state index contributed by atoms with van der Waals surface area (Å²) in [6.07, 6.45) is 0. The van der Waals surface area contributed by atoms with Crippen molar-refractivity contribution in [2.45, 2.75) is 20.8 Å². The van der Waals surface area contributed by atoms with Gasteiger partial charge in [-0.2, -0.15) is 0 Å². The van der Waals surface area contributed by atoms with Crippen LogP contribution in [0.15, 0.2) is 18.2 Å². The highest BCUT2D eigenvalue weighted by Gasteiger charge is 2.25. The molecule has 0 bridgehead atoms. The molecule has 0 unspecified atom stereocenters. The predicted molar refractivity (Wildman–Crippen MR) is 82.3 cm³/mol. The maximum absolute atomic E-state index is 11.3. The van der Waals surface area contributed by atoms with E-state index in [4.69, 9.17) is 11.5 Å². The molecule has 0 aliphatic heterocycles. The molecule has 0 radical (unpaired) electrons. The second kappa shape index (κ2) is 6.53. The van der Waals surface area contributed by atoms with Crippen molar-refractivity contribution in [1.29, 1.82) is 0 Å². The van der Waals surface area contributed by atoms with Crippen molar-refractivity contribution in [3.05, 3.63) is 33.9 Å². The van der Waals surface area contributed by atoms with E-state index in [1.807, 2.05) is 25.7 Å². The molecule has 116 valence electrons. The molecule has 21 heavy (non-hydrogen) atoms. The molecule has 7 nitrogen and oxygen atoms in total. The summed E-state index contributed by atoms with van der Waals surface area (Å²) in [5.41, 5.74) is 11.4. The second-order valence-corrected chi connectivity index (χ2v) is 5.71. The van der Waals surface area contributed by atoms with E-state index in [2.05, 4.69) is 0 Å². The van der Waals surface area contributed by atoms with E-state index in [9.17, 15) is 14.9 Å². The molecule has 7 heteroatoms. The number of anilines is 1. The number of rotatable bonds is 7. The summed E-state index contributed by atoms with van der Waals surface area (Å²) >= 11 is 0. The summed E-state index contributed by atoms with van der Waals surface area (Å²) in [6.45, 7) is 7.43. The standard InChI is InChI=1S/C14H22N4O3/c1-4-17(9-14(2,3)8-15)12-7-10(13(16)19)5-6-11(12)18(20)21/h5-7H,4,8-9,15H2,1-3H3,(H2,16,19). The third-order valence-electron chi connectivity index (χ3n) is 3.35. The van der Waals surface area contributed by atoms with Gasteiger partial charge in [-0.15, -0.1) is 0 Å². The normalized spacial score (nSPS) is 11.2. The third kappa shape index (κ3) is 4.16. The van der Waals surface area contributed by atoms with Gasteiger partial charge in [0.15, 0.2) is 0 Å². The van der Waals surface area contributed by atoms with Crippen molar-refractivity contribution in [2.24, 2.45) is 16.9 Å². The van der Waals surface area contributed by atoms with E-state index in [1.165, 1.54) is 18.2 Å². The third-order valence-corrected chi connectivity index (χ3v) is 3.35. The fraction of sp³-hybridized carbons (Fsp3) is 0.500. The molecule has 0 atom stereocenters. The highest BCUT2D eigenvalue weighted by molar-refractivity contribution is 5.94. The summed E-state index contributed by atoms with van der Waals surface area (Å²) in [6, 6.07) is 4.15. The number of benzene rings is 1. The molecule has 0 aliphatic carbocycles. The minimum Gasteiger partial charge on any atom is -0.366 e. The second-order valence-electron chi connectivity index (χ2n) is 5.71. The monoisotopic (exact) mass is 294 g/mol. The highest BCUT2D eigenvalue weighted by atomic mass is 16.6. The lowest BCUT2D eigenvalue weighted by atomic mass is 9.92. The van der Waals surface area contributed by atoms with Gasteiger partial charge in [0.25, 0.3) is 5.69 Å². The molecule has 0 spiro atoms. The molecule has 4 N–H and O–H groups in total. The molecule has 1 aromatic carbocycles. The first-order valence-electron chi connectivity index (χ1n) is 6.75. The van der Waals surface area contributed by atoms with Crippen LogP contribution in [0, 0.1) is 15.5 Å². The van der Waals surface area contributed by atoms with Crippen molar-refractivity contribution < 1.29 is 9.72 Å². The number of nitro benzene ring substituents is 1. The van der Waals surface area contributed by atoms with Gasteiger partial charge in [0.05, 0.1) is 4.92 Å². The zero-order chi connectivity index (χ0) is 16.2. The van der Waals surface area contributed by atoms with Crippen molar-refractivity contribution in [1.82, 2.24) is 0 Å². The SMILES string of the molecule is CCN(CC(C)(C)CN)c1cc(C(N)=O)ccc1[N+](=O)[O-]. The molecule has 0 fully saturated rings. The highest BCUT2D eigenvalue weighted by Crippen LogP contribution is 2.31. The largest absolute Gasteiger partial charge is 0.366 e. The summed E-state index contributed by atoms with van der Waals surface area (Å²) in [4.78, 5) is 23.9. The van der Waals surface area contributed by atoms with Gasteiger partial charge in [0.1, 0.15) is 5.69 Å². The van der Waals surface area contributed by atoms with E-state index in [0.29, 0.717) is 25.3 Å².